The molecule has 2 aliphatic rings. The van der Waals surface area contributed by atoms with Gasteiger partial charge in [-0.2, -0.15) is 4.98 Å². The molecule has 7 heteroatoms. The minimum Gasteiger partial charge on any atom is -0.431 e. The molecule has 0 spiro atoms. The van der Waals surface area contributed by atoms with E-state index in [0.717, 1.165) is 25.9 Å². The highest BCUT2D eigenvalue weighted by atomic mass is 16.4. The summed E-state index contributed by atoms with van der Waals surface area (Å²) in [4.78, 5) is 33.2. The van der Waals surface area contributed by atoms with E-state index in [1.165, 1.54) is 17.4 Å². The molecule has 2 heterocycles. The van der Waals surface area contributed by atoms with E-state index >= 15 is 0 Å². The van der Waals surface area contributed by atoms with Gasteiger partial charge in [-0.3, -0.25) is 19.8 Å². The molecule has 1 aliphatic heterocycles. The van der Waals surface area contributed by atoms with Gasteiger partial charge in [0.05, 0.1) is 6.04 Å². The van der Waals surface area contributed by atoms with Crippen molar-refractivity contribution in [2.24, 2.45) is 5.92 Å². The first kappa shape index (κ1) is 20.5. The average Bonchev–Trinajstić information content (AvgIpc) is 3.60. The zero-order valence-corrected chi connectivity index (χ0v) is 17.8. The maximum atomic E-state index is 12.9. The molecule has 0 unspecified atom stereocenters. The minimum absolute atomic E-state index is 0.0521. The average molecular weight is 431 g/mol. The minimum atomic E-state index is -0.170. The van der Waals surface area contributed by atoms with E-state index in [0.29, 0.717) is 13.1 Å². The van der Waals surface area contributed by atoms with Crippen molar-refractivity contribution in [3.05, 3.63) is 83.7 Å². The molecule has 1 saturated carbocycles. The number of aromatic nitrogens is 1. The number of amides is 2. The largest absolute Gasteiger partial charge is 0.431 e. The van der Waals surface area contributed by atoms with Crippen LogP contribution in [0.3, 0.4) is 0 Å². The third-order valence-electron chi connectivity index (χ3n) is 6.10. The molecule has 3 aromatic rings. The van der Waals surface area contributed by atoms with E-state index in [2.05, 4.69) is 63.7 Å². The molecule has 1 aromatic heterocycles. The molecule has 2 aromatic carbocycles. The van der Waals surface area contributed by atoms with Gasteiger partial charge in [0.1, 0.15) is 6.26 Å². The van der Waals surface area contributed by atoms with E-state index in [1.807, 2.05) is 12.1 Å². The number of oxazole rings is 1. The van der Waals surface area contributed by atoms with Gasteiger partial charge in [-0.15, -0.1) is 0 Å². The van der Waals surface area contributed by atoms with Crippen molar-refractivity contribution < 1.29 is 14.0 Å². The molecular formula is C25H26N4O3. The monoisotopic (exact) mass is 430 g/mol. The maximum Gasteiger partial charge on any atom is 0.302 e. The Balaban J connectivity index is 1.25. The molecule has 0 bridgehead atoms. The molecule has 2 amide bonds. The van der Waals surface area contributed by atoms with Gasteiger partial charge < -0.3 is 9.32 Å². The fourth-order valence-corrected chi connectivity index (χ4v) is 4.21. The predicted octanol–water partition coefficient (Wildman–Crippen LogP) is 3.57. The number of anilines is 1. The second-order valence-corrected chi connectivity index (χ2v) is 8.35. The Labute approximate surface area is 187 Å². The quantitative estimate of drug-likeness (QED) is 0.647. The molecule has 1 aliphatic carbocycles. The van der Waals surface area contributed by atoms with Crippen LogP contribution in [0.15, 0.2) is 71.3 Å². The van der Waals surface area contributed by atoms with Crippen molar-refractivity contribution in [1.29, 1.82) is 0 Å². The van der Waals surface area contributed by atoms with Crippen LogP contribution in [-0.4, -0.2) is 52.8 Å². The molecule has 0 radical (unpaired) electrons. The third-order valence-corrected chi connectivity index (χ3v) is 6.10. The number of rotatable bonds is 6. The zero-order chi connectivity index (χ0) is 21.9. The SMILES string of the molecule is O=C(Nc1nc(C(=O)N2CCN(C(c3ccccc3)c3ccccc3)CC2)co1)C1CC1. The lowest BCUT2D eigenvalue weighted by atomic mass is 9.96. The summed E-state index contributed by atoms with van der Waals surface area (Å²) in [6.45, 7) is 2.71. The Morgan fingerprint density at radius 1 is 0.906 bits per heavy atom. The summed E-state index contributed by atoms with van der Waals surface area (Å²) in [6, 6.07) is 21.2. The number of hydrogen-bond donors (Lipinski definition) is 1. The Morgan fingerprint density at radius 3 is 2.06 bits per heavy atom. The molecule has 2 fully saturated rings. The van der Waals surface area contributed by atoms with Gasteiger partial charge >= 0.3 is 6.01 Å². The van der Waals surface area contributed by atoms with E-state index < -0.39 is 0 Å². The van der Waals surface area contributed by atoms with E-state index in [4.69, 9.17) is 4.42 Å². The van der Waals surface area contributed by atoms with E-state index in [9.17, 15) is 9.59 Å². The summed E-state index contributed by atoms with van der Waals surface area (Å²) in [5.74, 6) is -0.208. The second-order valence-electron chi connectivity index (χ2n) is 8.35. The molecule has 164 valence electrons. The molecule has 7 nitrogen and oxygen atoms in total. The van der Waals surface area contributed by atoms with Crippen molar-refractivity contribution in [3.63, 3.8) is 0 Å². The summed E-state index contributed by atoms with van der Waals surface area (Å²) in [5.41, 5.74) is 2.71. The van der Waals surface area contributed by atoms with Gasteiger partial charge in [0, 0.05) is 32.1 Å². The maximum absolute atomic E-state index is 12.9. The normalized spacial score (nSPS) is 16.8. The summed E-state index contributed by atoms with van der Waals surface area (Å²) < 4.78 is 5.30. The summed E-state index contributed by atoms with van der Waals surface area (Å²) >= 11 is 0. The van der Waals surface area contributed by atoms with Crippen molar-refractivity contribution in [1.82, 2.24) is 14.8 Å². The predicted molar refractivity (Wildman–Crippen MR) is 120 cm³/mol. The van der Waals surface area contributed by atoms with Crippen molar-refractivity contribution >= 4 is 17.8 Å². The van der Waals surface area contributed by atoms with Crippen LogP contribution in [0.4, 0.5) is 6.01 Å². The Kier molecular flexibility index (Phi) is 5.73. The fraction of sp³-hybridized carbons (Fsp3) is 0.320. The lowest BCUT2D eigenvalue weighted by Crippen LogP contribution is -2.50. The molecular weight excluding hydrogens is 404 g/mol. The number of carbonyl (C=O) groups is 2. The van der Waals surface area contributed by atoms with Crippen LogP contribution in [0.25, 0.3) is 0 Å². The smallest absolute Gasteiger partial charge is 0.302 e. The number of piperazine rings is 1. The first-order valence-electron chi connectivity index (χ1n) is 11.1. The Hall–Kier alpha value is -3.45. The van der Waals surface area contributed by atoms with Crippen LogP contribution < -0.4 is 5.32 Å². The van der Waals surface area contributed by atoms with Gasteiger partial charge in [0.2, 0.25) is 5.91 Å². The van der Waals surface area contributed by atoms with Crippen molar-refractivity contribution in [3.8, 4) is 0 Å². The van der Waals surface area contributed by atoms with Gasteiger partial charge in [-0.1, -0.05) is 60.7 Å². The van der Waals surface area contributed by atoms with E-state index in [1.54, 1.807) is 4.90 Å². The highest BCUT2D eigenvalue weighted by Crippen LogP contribution is 2.31. The molecule has 32 heavy (non-hydrogen) atoms. The topological polar surface area (TPSA) is 78.7 Å². The number of carbonyl (C=O) groups excluding carboxylic acids is 2. The fourth-order valence-electron chi connectivity index (χ4n) is 4.21. The van der Waals surface area contributed by atoms with Crippen LogP contribution in [0, 0.1) is 5.92 Å². The number of hydrogen-bond acceptors (Lipinski definition) is 5. The summed E-state index contributed by atoms with van der Waals surface area (Å²) in [7, 11) is 0. The standard InChI is InChI=1S/C25H26N4O3/c30-23(20-11-12-20)27-25-26-21(17-32-25)24(31)29-15-13-28(14-16-29)22(18-7-3-1-4-8-18)19-9-5-2-6-10-19/h1-10,17,20,22H,11-16H2,(H,26,27,30). The summed E-state index contributed by atoms with van der Waals surface area (Å²) in [6.07, 6.45) is 3.12. The Morgan fingerprint density at radius 2 is 1.50 bits per heavy atom. The lowest BCUT2D eigenvalue weighted by Gasteiger charge is -2.39. The third kappa shape index (κ3) is 4.43. The van der Waals surface area contributed by atoms with Crippen LogP contribution >= 0.6 is 0 Å². The molecule has 5 rings (SSSR count). The number of nitrogens with zero attached hydrogens (tertiary/aromatic N) is 3. The zero-order valence-electron chi connectivity index (χ0n) is 17.8. The van der Waals surface area contributed by atoms with E-state index in [-0.39, 0.29) is 35.5 Å². The van der Waals surface area contributed by atoms with Gasteiger partial charge in [0.25, 0.3) is 5.91 Å². The van der Waals surface area contributed by atoms with Crippen LogP contribution in [0.2, 0.25) is 0 Å². The van der Waals surface area contributed by atoms with Gasteiger partial charge in [0.15, 0.2) is 5.69 Å². The van der Waals surface area contributed by atoms with Gasteiger partial charge in [-0.05, 0) is 24.0 Å². The van der Waals surface area contributed by atoms with Crippen molar-refractivity contribution in [2.45, 2.75) is 18.9 Å². The van der Waals surface area contributed by atoms with Crippen LogP contribution in [-0.2, 0) is 4.79 Å². The summed E-state index contributed by atoms with van der Waals surface area (Å²) in [5, 5.41) is 2.64. The highest BCUT2D eigenvalue weighted by molar-refractivity contribution is 5.94. The first-order valence-corrected chi connectivity index (χ1v) is 11.1. The van der Waals surface area contributed by atoms with Crippen LogP contribution in [0.5, 0.6) is 0 Å². The van der Waals surface area contributed by atoms with Crippen molar-refractivity contribution in [2.75, 3.05) is 31.5 Å². The van der Waals surface area contributed by atoms with Crippen LogP contribution in [0.1, 0.15) is 40.5 Å². The number of benzene rings is 2. The molecule has 1 N–H and O–H groups in total. The Bertz CT molecular complexity index is 1030. The molecule has 0 atom stereocenters. The second kappa shape index (κ2) is 8.96. The lowest BCUT2D eigenvalue weighted by molar-refractivity contribution is -0.117. The molecule has 1 saturated heterocycles. The highest BCUT2D eigenvalue weighted by Gasteiger charge is 2.32. The first-order chi connectivity index (χ1) is 15.7. The van der Waals surface area contributed by atoms with Gasteiger partial charge in [-0.25, -0.2) is 0 Å². The number of nitrogens with one attached hydrogen (secondary N) is 1.